The number of hydrogen-bond donors (Lipinski definition) is 3. The van der Waals surface area contributed by atoms with Crippen LogP contribution < -0.4 is 11.1 Å². The first-order valence-electron chi connectivity index (χ1n) is 6.09. The summed E-state index contributed by atoms with van der Waals surface area (Å²) in [5.41, 5.74) is 5.81. The number of amides is 1. The summed E-state index contributed by atoms with van der Waals surface area (Å²) in [4.78, 5) is 11.7. The Morgan fingerprint density at radius 3 is 2.31 bits per heavy atom. The molecule has 4 nitrogen and oxygen atoms in total. The molecule has 16 heavy (non-hydrogen) atoms. The fraction of sp³-hybridized carbons (Fsp3) is 0.917. The molecule has 0 aliphatic heterocycles. The van der Waals surface area contributed by atoms with Gasteiger partial charge in [-0.2, -0.15) is 0 Å². The van der Waals surface area contributed by atoms with Crippen molar-refractivity contribution >= 4 is 5.91 Å². The molecule has 0 aromatic rings. The molecule has 4 heteroatoms. The zero-order valence-electron chi connectivity index (χ0n) is 10.9. The summed E-state index contributed by atoms with van der Waals surface area (Å²) in [6, 6.07) is -0.659. The van der Waals surface area contributed by atoms with Gasteiger partial charge in [-0.1, -0.05) is 34.1 Å². The Bertz CT molecular complexity index is 207. The van der Waals surface area contributed by atoms with Crippen LogP contribution in [0.15, 0.2) is 0 Å². The van der Waals surface area contributed by atoms with Crippen LogP contribution in [0.3, 0.4) is 0 Å². The second kappa shape index (κ2) is 7.63. The summed E-state index contributed by atoms with van der Waals surface area (Å²) in [5.74, 6) is 0.449. The van der Waals surface area contributed by atoms with E-state index in [-0.39, 0.29) is 24.5 Å². The molecule has 0 bridgehead atoms. The standard InChI is InChI=1S/C12H26N2O2/c1-5-9(4)11(13)12(16)14-10(7-15)6-8(2)3/h8-11,15H,5-7,13H2,1-4H3,(H,14,16)/t9?,10?,11-/m0/s1. The van der Waals surface area contributed by atoms with Crippen molar-refractivity contribution in [3.8, 4) is 0 Å². The van der Waals surface area contributed by atoms with E-state index in [0.717, 1.165) is 12.8 Å². The molecule has 0 aliphatic carbocycles. The Labute approximate surface area is 98.6 Å². The van der Waals surface area contributed by atoms with Gasteiger partial charge in [0.1, 0.15) is 0 Å². The highest BCUT2D eigenvalue weighted by Gasteiger charge is 2.22. The van der Waals surface area contributed by atoms with Crippen LogP contribution in [0.4, 0.5) is 0 Å². The van der Waals surface area contributed by atoms with Gasteiger partial charge in [-0.25, -0.2) is 0 Å². The molecule has 0 aromatic carbocycles. The maximum atomic E-state index is 11.7. The van der Waals surface area contributed by atoms with Gasteiger partial charge in [0, 0.05) is 0 Å². The van der Waals surface area contributed by atoms with Crippen LogP contribution in [0.25, 0.3) is 0 Å². The van der Waals surface area contributed by atoms with E-state index in [4.69, 9.17) is 10.8 Å². The predicted molar refractivity (Wildman–Crippen MR) is 65.9 cm³/mol. The molecular formula is C12H26N2O2. The fourth-order valence-electron chi connectivity index (χ4n) is 1.56. The van der Waals surface area contributed by atoms with Crippen LogP contribution in [0.1, 0.15) is 40.5 Å². The van der Waals surface area contributed by atoms with E-state index in [1.54, 1.807) is 0 Å². The van der Waals surface area contributed by atoms with E-state index >= 15 is 0 Å². The van der Waals surface area contributed by atoms with Crippen LogP contribution in [-0.2, 0) is 4.79 Å². The molecule has 0 radical (unpaired) electrons. The summed E-state index contributed by atoms with van der Waals surface area (Å²) in [5, 5.41) is 11.9. The Balaban J connectivity index is 4.19. The molecule has 96 valence electrons. The van der Waals surface area contributed by atoms with Crippen molar-refractivity contribution in [2.24, 2.45) is 17.6 Å². The summed E-state index contributed by atoms with van der Waals surface area (Å²) in [6.45, 7) is 8.06. The van der Waals surface area contributed by atoms with E-state index in [1.807, 2.05) is 13.8 Å². The molecule has 2 unspecified atom stereocenters. The smallest absolute Gasteiger partial charge is 0.237 e. The fourth-order valence-corrected chi connectivity index (χ4v) is 1.56. The van der Waals surface area contributed by atoms with Gasteiger partial charge in [-0.3, -0.25) is 4.79 Å². The molecule has 0 saturated heterocycles. The van der Waals surface area contributed by atoms with Crippen LogP contribution >= 0.6 is 0 Å². The minimum atomic E-state index is -0.480. The van der Waals surface area contributed by atoms with Crippen molar-refractivity contribution < 1.29 is 9.90 Å². The molecule has 4 N–H and O–H groups in total. The van der Waals surface area contributed by atoms with Gasteiger partial charge in [0.15, 0.2) is 0 Å². The average molecular weight is 230 g/mol. The quantitative estimate of drug-likeness (QED) is 0.608. The van der Waals surface area contributed by atoms with Crippen molar-refractivity contribution in [3.63, 3.8) is 0 Å². The molecule has 0 fully saturated rings. The number of aliphatic hydroxyl groups is 1. The lowest BCUT2D eigenvalue weighted by Crippen LogP contribution is -2.49. The molecule has 0 spiro atoms. The van der Waals surface area contributed by atoms with Crippen molar-refractivity contribution in [2.45, 2.75) is 52.6 Å². The summed E-state index contributed by atoms with van der Waals surface area (Å²) < 4.78 is 0. The van der Waals surface area contributed by atoms with Gasteiger partial charge in [-0.15, -0.1) is 0 Å². The van der Waals surface area contributed by atoms with Crippen molar-refractivity contribution in [2.75, 3.05) is 6.61 Å². The van der Waals surface area contributed by atoms with Gasteiger partial charge in [-0.05, 0) is 18.3 Å². The number of rotatable bonds is 7. The third-order valence-electron chi connectivity index (χ3n) is 2.88. The minimum Gasteiger partial charge on any atom is -0.394 e. The molecule has 0 aromatic heterocycles. The highest BCUT2D eigenvalue weighted by Crippen LogP contribution is 2.08. The van der Waals surface area contributed by atoms with Crippen molar-refractivity contribution in [3.05, 3.63) is 0 Å². The van der Waals surface area contributed by atoms with Crippen molar-refractivity contribution in [1.29, 1.82) is 0 Å². The SMILES string of the molecule is CCC(C)[C@H](N)C(=O)NC(CO)CC(C)C. The van der Waals surface area contributed by atoms with Crippen LogP contribution in [-0.4, -0.2) is 29.7 Å². The number of nitrogens with two attached hydrogens (primary N) is 1. The van der Waals surface area contributed by atoms with Crippen LogP contribution in [0.2, 0.25) is 0 Å². The highest BCUT2D eigenvalue weighted by atomic mass is 16.3. The topological polar surface area (TPSA) is 75.4 Å². The van der Waals surface area contributed by atoms with Gasteiger partial charge in [0.05, 0.1) is 18.7 Å². The average Bonchev–Trinajstić information content (AvgIpc) is 2.25. The van der Waals surface area contributed by atoms with Gasteiger partial charge >= 0.3 is 0 Å². The minimum absolute atomic E-state index is 0.0306. The summed E-state index contributed by atoms with van der Waals surface area (Å²) >= 11 is 0. The Morgan fingerprint density at radius 1 is 1.38 bits per heavy atom. The van der Waals surface area contributed by atoms with Gasteiger partial charge < -0.3 is 16.2 Å². The first-order valence-corrected chi connectivity index (χ1v) is 6.09. The number of carbonyl (C=O) groups excluding carboxylic acids is 1. The third kappa shape index (κ3) is 5.47. The summed E-state index contributed by atoms with van der Waals surface area (Å²) in [6.07, 6.45) is 1.65. The van der Waals surface area contributed by atoms with E-state index in [2.05, 4.69) is 19.2 Å². The molecule has 0 heterocycles. The maximum absolute atomic E-state index is 11.7. The zero-order valence-corrected chi connectivity index (χ0v) is 10.9. The maximum Gasteiger partial charge on any atom is 0.237 e. The number of aliphatic hydroxyl groups excluding tert-OH is 1. The largest absolute Gasteiger partial charge is 0.394 e. The lowest BCUT2D eigenvalue weighted by Gasteiger charge is -2.23. The molecule has 0 saturated carbocycles. The number of carbonyl (C=O) groups is 1. The van der Waals surface area contributed by atoms with E-state index < -0.39 is 6.04 Å². The predicted octanol–water partition coefficient (Wildman–Crippen LogP) is 0.883. The number of hydrogen-bond acceptors (Lipinski definition) is 3. The molecule has 0 aliphatic rings. The van der Waals surface area contributed by atoms with Crippen LogP contribution in [0.5, 0.6) is 0 Å². The Hall–Kier alpha value is -0.610. The number of nitrogens with one attached hydrogen (secondary N) is 1. The first kappa shape index (κ1) is 15.4. The van der Waals surface area contributed by atoms with E-state index in [0.29, 0.717) is 5.92 Å². The highest BCUT2D eigenvalue weighted by molar-refractivity contribution is 5.82. The van der Waals surface area contributed by atoms with Crippen LogP contribution in [0, 0.1) is 11.8 Å². The zero-order chi connectivity index (χ0) is 12.7. The monoisotopic (exact) mass is 230 g/mol. The molecule has 0 rings (SSSR count). The van der Waals surface area contributed by atoms with E-state index in [1.165, 1.54) is 0 Å². The first-order chi connectivity index (χ1) is 7.42. The normalized spacial score (nSPS) is 16.9. The second-order valence-corrected chi connectivity index (χ2v) is 4.93. The second-order valence-electron chi connectivity index (χ2n) is 4.93. The molecule has 1 amide bonds. The van der Waals surface area contributed by atoms with Gasteiger partial charge in [0.25, 0.3) is 0 Å². The lowest BCUT2D eigenvalue weighted by atomic mass is 9.98. The van der Waals surface area contributed by atoms with Crippen molar-refractivity contribution in [1.82, 2.24) is 5.32 Å². The molecular weight excluding hydrogens is 204 g/mol. The van der Waals surface area contributed by atoms with Gasteiger partial charge in [0.2, 0.25) is 5.91 Å². The Morgan fingerprint density at radius 2 is 1.94 bits per heavy atom. The summed E-state index contributed by atoms with van der Waals surface area (Å²) in [7, 11) is 0. The van der Waals surface area contributed by atoms with E-state index in [9.17, 15) is 4.79 Å². The third-order valence-corrected chi connectivity index (χ3v) is 2.88. The Kier molecular flexibility index (Phi) is 7.34. The lowest BCUT2D eigenvalue weighted by molar-refractivity contribution is -0.124. The molecule has 3 atom stereocenters.